The Morgan fingerprint density at radius 1 is 1.67 bits per heavy atom. The number of aromatic nitrogens is 2. The van der Waals surface area contributed by atoms with Gasteiger partial charge < -0.3 is 5.32 Å². The number of hydrogen-bond donors (Lipinski definition) is 1. The fourth-order valence-electron chi connectivity index (χ4n) is 1.84. The van der Waals surface area contributed by atoms with Crippen molar-refractivity contribution in [2.24, 2.45) is 7.05 Å². The summed E-state index contributed by atoms with van der Waals surface area (Å²) in [6.07, 6.45) is 5.33. The first-order valence-electron chi connectivity index (χ1n) is 4.47. The highest BCUT2D eigenvalue weighted by Gasteiger charge is 2.22. The van der Waals surface area contributed by atoms with Crippen LogP contribution in [0.2, 0.25) is 0 Å². The molecular weight excluding hydrogens is 150 g/mol. The third kappa shape index (κ3) is 1.37. The minimum atomic E-state index is 0.662. The van der Waals surface area contributed by atoms with Crippen LogP contribution in [0.4, 0.5) is 0 Å². The van der Waals surface area contributed by atoms with Crippen LogP contribution in [0, 0.1) is 0 Å². The highest BCUT2D eigenvalue weighted by atomic mass is 15.2. The van der Waals surface area contributed by atoms with Crippen molar-refractivity contribution in [2.75, 3.05) is 6.54 Å². The molecule has 1 aromatic heterocycles. The normalized spacial score (nSPS) is 29.5. The van der Waals surface area contributed by atoms with Crippen molar-refractivity contribution in [1.82, 2.24) is 15.1 Å². The van der Waals surface area contributed by atoms with E-state index in [1.165, 1.54) is 12.0 Å². The Bertz CT molecular complexity index is 266. The minimum Gasteiger partial charge on any atom is -0.314 e. The van der Waals surface area contributed by atoms with Gasteiger partial charge in [-0.25, -0.2) is 0 Å². The second-order valence-electron chi connectivity index (χ2n) is 3.69. The Labute approximate surface area is 72.8 Å². The Morgan fingerprint density at radius 3 is 3.00 bits per heavy atom. The molecule has 2 unspecified atom stereocenters. The number of rotatable bonds is 1. The zero-order valence-electron chi connectivity index (χ0n) is 7.62. The molecule has 1 N–H and O–H groups in total. The van der Waals surface area contributed by atoms with Gasteiger partial charge in [-0.1, -0.05) is 0 Å². The summed E-state index contributed by atoms with van der Waals surface area (Å²) in [6.45, 7) is 3.34. The number of nitrogens with zero attached hydrogens (tertiary/aromatic N) is 2. The van der Waals surface area contributed by atoms with Crippen molar-refractivity contribution in [3.8, 4) is 0 Å². The predicted octanol–water partition coefficient (Wildman–Crippen LogP) is 0.885. The molecule has 0 spiro atoms. The molecule has 0 radical (unpaired) electrons. The van der Waals surface area contributed by atoms with Crippen LogP contribution in [0.15, 0.2) is 12.4 Å². The first-order chi connectivity index (χ1) is 5.75. The van der Waals surface area contributed by atoms with Crippen LogP contribution in [0.25, 0.3) is 0 Å². The molecule has 1 fully saturated rings. The largest absolute Gasteiger partial charge is 0.314 e. The summed E-state index contributed by atoms with van der Waals surface area (Å²) in [5.74, 6) is 0.675. The lowest BCUT2D eigenvalue weighted by molar-refractivity contribution is 0.658. The van der Waals surface area contributed by atoms with E-state index in [0.29, 0.717) is 12.0 Å². The van der Waals surface area contributed by atoms with E-state index in [-0.39, 0.29) is 0 Å². The van der Waals surface area contributed by atoms with E-state index < -0.39 is 0 Å². The fraction of sp³-hybridized carbons (Fsp3) is 0.667. The summed E-state index contributed by atoms with van der Waals surface area (Å²) < 4.78 is 1.87. The maximum absolute atomic E-state index is 4.18. The van der Waals surface area contributed by atoms with Gasteiger partial charge in [0.05, 0.1) is 6.20 Å². The minimum absolute atomic E-state index is 0.662. The summed E-state index contributed by atoms with van der Waals surface area (Å²) in [7, 11) is 1.97. The van der Waals surface area contributed by atoms with Crippen LogP contribution >= 0.6 is 0 Å². The van der Waals surface area contributed by atoms with Gasteiger partial charge in [0, 0.05) is 31.7 Å². The number of nitrogens with one attached hydrogen (secondary N) is 1. The maximum Gasteiger partial charge on any atom is 0.0524 e. The summed E-state index contributed by atoms with van der Waals surface area (Å²) in [5, 5.41) is 7.62. The van der Waals surface area contributed by atoms with Crippen LogP contribution in [-0.2, 0) is 7.05 Å². The van der Waals surface area contributed by atoms with E-state index in [4.69, 9.17) is 0 Å². The third-order valence-electron chi connectivity index (χ3n) is 2.55. The maximum atomic E-state index is 4.18. The standard InChI is InChI=1S/C9H15N3/c1-7-3-8(4-10-7)9-5-11-12(2)6-9/h5-8,10H,3-4H2,1-2H3. The quantitative estimate of drug-likeness (QED) is 0.669. The lowest BCUT2D eigenvalue weighted by Gasteiger charge is -2.03. The zero-order valence-corrected chi connectivity index (χ0v) is 7.62. The highest BCUT2D eigenvalue weighted by Crippen LogP contribution is 2.24. The number of hydrogen-bond acceptors (Lipinski definition) is 2. The average molecular weight is 165 g/mol. The van der Waals surface area contributed by atoms with Gasteiger partial charge in [0.2, 0.25) is 0 Å². The van der Waals surface area contributed by atoms with Gasteiger partial charge in [-0.05, 0) is 18.9 Å². The van der Waals surface area contributed by atoms with E-state index in [2.05, 4.69) is 23.5 Å². The van der Waals surface area contributed by atoms with Crippen molar-refractivity contribution in [1.29, 1.82) is 0 Å². The molecule has 0 amide bonds. The van der Waals surface area contributed by atoms with Gasteiger partial charge in [-0.15, -0.1) is 0 Å². The molecule has 0 aromatic carbocycles. The first-order valence-corrected chi connectivity index (χ1v) is 4.47. The summed E-state index contributed by atoms with van der Waals surface area (Å²) in [4.78, 5) is 0. The molecule has 0 saturated carbocycles. The lowest BCUT2D eigenvalue weighted by atomic mass is 10.0. The highest BCUT2D eigenvalue weighted by molar-refractivity contribution is 5.14. The van der Waals surface area contributed by atoms with Gasteiger partial charge >= 0.3 is 0 Å². The molecule has 12 heavy (non-hydrogen) atoms. The van der Waals surface area contributed by atoms with Crippen molar-refractivity contribution in [3.63, 3.8) is 0 Å². The van der Waals surface area contributed by atoms with Crippen LogP contribution in [0.1, 0.15) is 24.8 Å². The molecule has 2 atom stereocenters. The van der Waals surface area contributed by atoms with Crippen LogP contribution in [0.5, 0.6) is 0 Å². The lowest BCUT2D eigenvalue weighted by Crippen LogP contribution is -2.16. The average Bonchev–Trinajstić information content (AvgIpc) is 2.58. The summed E-state index contributed by atoms with van der Waals surface area (Å²) in [6, 6.07) is 0.662. The van der Waals surface area contributed by atoms with E-state index in [1.54, 1.807) is 0 Å². The molecule has 1 aliphatic rings. The molecule has 1 aliphatic heterocycles. The molecule has 66 valence electrons. The van der Waals surface area contributed by atoms with E-state index in [0.717, 1.165) is 6.54 Å². The second kappa shape index (κ2) is 2.90. The first kappa shape index (κ1) is 7.80. The van der Waals surface area contributed by atoms with Crippen molar-refractivity contribution in [3.05, 3.63) is 18.0 Å². The smallest absolute Gasteiger partial charge is 0.0524 e. The van der Waals surface area contributed by atoms with Crippen LogP contribution in [-0.4, -0.2) is 22.4 Å². The molecular formula is C9H15N3. The van der Waals surface area contributed by atoms with Gasteiger partial charge in [-0.3, -0.25) is 4.68 Å². The monoisotopic (exact) mass is 165 g/mol. The molecule has 2 rings (SSSR count). The fourth-order valence-corrected chi connectivity index (χ4v) is 1.84. The predicted molar refractivity (Wildman–Crippen MR) is 48.0 cm³/mol. The SMILES string of the molecule is CC1CC(c2cnn(C)c2)CN1. The molecule has 1 saturated heterocycles. The molecule has 2 heterocycles. The van der Waals surface area contributed by atoms with Crippen molar-refractivity contribution >= 4 is 0 Å². The van der Waals surface area contributed by atoms with E-state index in [9.17, 15) is 0 Å². The van der Waals surface area contributed by atoms with Gasteiger partial charge in [0.15, 0.2) is 0 Å². The third-order valence-corrected chi connectivity index (χ3v) is 2.55. The van der Waals surface area contributed by atoms with Crippen LogP contribution in [0.3, 0.4) is 0 Å². The second-order valence-corrected chi connectivity index (χ2v) is 3.69. The Morgan fingerprint density at radius 2 is 2.50 bits per heavy atom. The van der Waals surface area contributed by atoms with Gasteiger partial charge in [-0.2, -0.15) is 5.10 Å². The summed E-state index contributed by atoms with van der Waals surface area (Å²) >= 11 is 0. The Hall–Kier alpha value is -0.830. The Kier molecular flexibility index (Phi) is 1.89. The molecule has 3 nitrogen and oxygen atoms in total. The molecule has 3 heteroatoms. The molecule has 0 aliphatic carbocycles. The topological polar surface area (TPSA) is 29.9 Å². The van der Waals surface area contributed by atoms with Crippen molar-refractivity contribution in [2.45, 2.75) is 25.3 Å². The number of aryl methyl sites for hydroxylation is 1. The van der Waals surface area contributed by atoms with Gasteiger partial charge in [0.1, 0.15) is 0 Å². The van der Waals surface area contributed by atoms with E-state index in [1.807, 2.05) is 17.9 Å². The van der Waals surface area contributed by atoms with Crippen molar-refractivity contribution < 1.29 is 0 Å². The molecule has 0 bridgehead atoms. The van der Waals surface area contributed by atoms with Crippen LogP contribution < -0.4 is 5.32 Å². The zero-order chi connectivity index (χ0) is 8.55. The molecule has 1 aromatic rings. The van der Waals surface area contributed by atoms with Gasteiger partial charge in [0.25, 0.3) is 0 Å². The summed E-state index contributed by atoms with van der Waals surface area (Å²) in [5.41, 5.74) is 1.37. The van der Waals surface area contributed by atoms with E-state index >= 15 is 0 Å². The Balaban J connectivity index is 2.11.